The maximum atomic E-state index is 5.86. The largest absolute Gasteiger partial charge is 0.485 e. The fourth-order valence-electron chi connectivity index (χ4n) is 1.43. The predicted molar refractivity (Wildman–Crippen MR) is 67.4 cm³/mol. The van der Waals surface area contributed by atoms with Gasteiger partial charge in [-0.15, -0.1) is 0 Å². The van der Waals surface area contributed by atoms with E-state index in [1.54, 1.807) is 13.0 Å². The summed E-state index contributed by atoms with van der Waals surface area (Å²) in [6.45, 7) is 3.94. The third-order valence-electron chi connectivity index (χ3n) is 2.37. The van der Waals surface area contributed by atoms with E-state index in [1.165, 1.54) is 0 Å². The van der Waals surface area contributed by atoms with E-state index in [-0.39, 0.29) is 12.6 Å². The molecule has 0 bridgehead atoms. The number of benzene rings is 1. The van der Waals surface area contributed by atoms with Gasteiger partial charge in [0.2, 0.25) is 11.7 Å². The number of nitrogens with two attached hydrogens (primary N) is 1. The second-order valence-electron chi connectivity index (χ2n) is 4.04. The normalized spacial score (nSPS) is 12.4. The first-order chi connectivity index (χ1) is 8.56. The molecule has 1 atom stereocenters. The number of halogens is 1. The molecule has 1 heterocycles. The number of hydrogen-bond acceptors (Lipinski definition) is 5. The van der Waals surface area contributed by atoms with Crippen molar-refractivity contribution in [2.24, 2.45) is 5.73 Å². The third-order valence-corrected chi connectivity index (χ3v) is 2.60. The van der Waals surface area contributed by atoms with Crippen molar-refractivity contribution in [1.82, 2.24) is 10.1 Å². The second kappa shape index (κ2) is 5.37. The lowest BCUT2D eigenvalue weighted by molar-refractivity contribution is 0.282. The van der Waals surface area contributed by atoms with Crippen LogP contribution in [0.2, 0.25) is 5.02 Å². The molecule has 6 heteroatoms. The Balaban J connectivity index is 2.02. The number of ether oxygens (including phenoxy) is 1. The van der Waals surface area contributed by atoms with Crippen molar-refractivity contribution in [3.63, 3.8) is 0 Å². The van der Waals surface area contributed by atoms with Crippen molar-refractivity contribution in [3.8, 4) is 5.75 Å². The van der Waals surface area contributed by atoms with Crippen molar-refractivity contribution in [2.75, 3.05) is 0 Å². The van der Waals surface area contributed by atoms with Gasteiger partial charge in [0, 0.05) is 5.02 Å². The van der Waals surface area contributed by atoms with Gasteiger partial charge in [-0.05, 0) is 37.6 Å². The quantitative estimate of drug-likeness (QED) is 0.922. The van der Waals surface area contributed by atoms with E-state index >= 15 is 0 Å². The molecule has 0 saturated carbocycles. The molecule has 1 unspecified atom stereocenters. The average molecular weight is 268 g/mol. The van der Waals surface area contributed by atoms with Crippen LogP contribution in [0.25, 0.3) is 0 Å². The molecular formula is C12H14ClN3O2. The van der Waals surface area contributed by atoms with Crippen LogP contribution in [0.5, 0.6) is 5.75 Å². The van der Waals surface area contributed by atoms with Crippen LogP contribution in [0.15, 0.2) is 22.7 Å². The van der Waals surface area contributed by atoms with Crippen LogP contribution in [-0.4, -0.2) is 10.1 Å². The molecule has 2 N–H and O–H groups in total. The van der Waals surface area contributed by atoms with Gasteiger partial charge in [0.05, 0.1) is 6.04 Å². The lowest BCUT2D eigenvalue weighted by atomic mass is 10.2. The molecule has 2 aromatic rings. The Hall–Kier alpha value is -1.59. The van der Waals surface area contributed by atoms with Gasteiger partial charge in [-0.1, -0.05) is 16.8 Å². The maximum absolute atomic E-state index is 5.86. The molecule has 0 fully saturated rings. The molecule has 18 heavy (non-hydrogen) atoms. The van der Waals surface area contributed by atoms with Crippen molar-refractivity contribution in [2.45, 2.75) is 26.5 Å². The maximum Gasteiger partial charge on any atom is 0.243 e. The predicted octanol–water partition coefficient (Wildman–Crippen LogP) is 2.63. The lowest BCUT2D eigenvalue weighted by Crippen LogP contribution is -2.05. The van der Waals surface area contributed by atoms with Gasteiger partial charge in [-0.2, -0.15) is 4.98 Å². The Morgan fingerprint density at radius 3 is 2.89 bits per heavy atom. The molecule has 96 valence electrons. The summed E-state index contributed by atoms with van der Waals surface area (Å²) in [7, 11) is 0. The SMILES string of the molecule is Cc1cc(Cl)ccc1OCc1noc(C(C)N)n1. The zero-order valence-electron chi connectivity index (χ0n) is 10.2. The monoisotopic (exact) mass is 267 g/mol. The molecule has 0 amide bonds. The first kappa shape index (κ1) is 12.9. The molecule has 0 aliphatic heterocycles. The highest BCUT2D eigenvalue weighted by atomic mass is 35.5. The van der Waals surface area contributed by atoms with E-state index in [4.69, 9.17) is 26.6 Å². The van der Waals surface area contributed by atoms with Crippen molar-refractivity contribution in [3.05, 3.63) is 40.5 Å². The minimum Gasteiger partial charge on any atom is -0.485 e. The van der Waals surface area contributed by atoms with Gasteiger partial charge in [0.1, 0.15) is 5.75 Å². The zero-order valence-corrected chi connectivity index (χ0v) is 10.9. The fraction of sp³-hybridized carbons (Fsp3) is 0.333. The standard InChI is InChI=1S/C12H14ClN3O2/c1-7-5-9(13)3-4-10(7)17-6-11-15-12(8(2)14)18-16-11/h3-5,8H,6,14H2,1-2H3. The number of hydrogen-bond donors (Lipinski definition) is 1. The van der Waals surface area contributed by atoms with Crippen LogP contribution in [0, 0.1) is 6.92 Å². The zero-order chi connectivity index (χ0) is 13.1. The highest BCUT2D eigenvalue weighted by Gasteiger charge is 2.10. The lowest BCUT2D eigenvalue weighted by Gasteiger charge is -2.06. The summed E-state index contributed by atoms with van der Waals surface area (Å²) in [5, 5.41) is 4.46. The fourth-order valence-corrected chi connectivity index (χ4v) is 1.65. The Bertz CT molecular complexity index is 540. The smallest absolute Gasteiger partial charge is 0.243 e. The average Bonchev–Trinajstić information content (AvgIpc) is 2.76. The minimum atomic E-state index is -0.275. The number of aromatic nitrogens is 2. The Morgan fingerprint density at radius 2 is 2.28 bits per heavy atom. The molecule has 0 aliphatic rings. The molecule has 1 aromatic carbocycles. The molecule has 0 aliphatic carbocycles. The molecule has 2 rings (SSSR count). The first-order valence-electron chi connectivity index (χ1n) is 5.53. The van der Waals surface area contributed by atoms with Crippen molar-refractivity contribution in [1.29, 1.82) is 0 Å². The van der Waals surface area contributed by atoms with Gasteiger partial charge in [-0.25, -0.2) is 0 Å². The summed E-state index contributed by atoms with van der Waals surface area (Å²) < 4.78 is 10.6. The summed E-state index contributed by atoms with van der Waals surface area (Å²) in [4.78, 5) is 4.12. The van der Waals surface area contributed by atoms with Crippen LogP contribution >= 0.6 is 11.6 Å². The summed E-state index contributed by atoms with van der Waals surface area (Å²) in [6, 6.07) is 5.14. The Labute approximate surface area is 110 Å². The Morgan fingerprint density at radius 1 is 1.50 bits per heavy atom. The van der Waals surface area contributed by atoms with Gasteiger partial charge in [0.15, 0.2) is 6.61 Å². The molecule has 1 aromatic heterocycles. The van der Waals surface area contributed by atoms with Crippen molar-refractivity contribution >= 4 is 11.6 Å². The summed E-state index contributed by atoms with van der Waals surface area (Å²) in [5.74, 6) is 1.62. The van der Waals surface area contributed by atoms with Gasteiger partial charge >= 0.3 is 0 Å². The van der Waals surface area contributed by atoms with E-state index in [0.29, 0.717) is 16.7 Å². The summed E-state index contributed by atoms with van der Waals surface area (Å²) in [5.41, 5.74) is 6.58. The summed E-state index contributed by atoms with van der Waals surface area (Å²) in [6.07, 6.45) is 0. The Kier molecular flexibility index (Phi) is 3.84. The van der Waals surface area contributed by atoms with Crippen LogP contribution in [0.1, 0.15) is 30.2 Å². The molecule has 0 radical (unpaired) electrons. The van der Waals surface area contributed by atoms with E-state index in [2.05, 4.69) is 10.1 Å². The van der Waals surface area contributed by atoms with Gasteiger partial charge in [0.25, 0.3) is 0 Å². The highest BCUT2D eigenvalue weighted by Crippen LogP contribution is 2.22. The van der Waals surface area contributed by atoms with Crippen LogP contribution < -0.4 is 10.5 Å². The molecule has 0 spiro atoms. The highest BCUT2D eigenvalue weighted by molar-refractivity contribution is 6.30. The van der Waals surface area contributed by atoms with E-state index in [9.17, 15) is 0 Å². The second-order valence-corrected chi connectivity index (χ2v) is 4.47. The molecule has 0 saturated heterocycles. The van der Waals surface area contributed by atoms with Crippen LogP contribution in [0.3, 0.4) is 0 Å². The van der Waals surface area contributed by atoms with Crippen LogP contribution in [0.4, 0.5) is 0 Å². The third kappa shape index (κ3) is 3.00. The van der Waals surface area contributed by atoms with Crippen molar-refractivity contribution < 1.29 is 9.26 Å². The van der Waals surface area contributed by atoms with Gasteiger partial charge in [-0.3, -0.25) is 0 Å². The van der Waals surface area contributed by atoms with Crippen LogP contribution in [-0.2, 0) is 6.61 Å². The van der Waals surface area contributed by atoms with E-state index in [0.717, 1.165) is 11.3 Å². The first-order valence-corrected chi connectivity index (χ1v) is 5.91. The van der Waals surface area contributed by atoms with Gasteiger partial charge < -0.3 is 15.0 Å². The minimum absolute atomic E-state index is 0.235. The number of rotatable bonds is 4. The number of aryl methyl sites for hydroxylation is 1. The number of nitrogens with zero attached hydrogens (tertiary/aromatic N) is 2. The molecular weight excluding hydrogens is 254 g/mol. The molecule has 5 nitrogen and oxygen atoms in total. The van der Waals surface area contributed by atoms with E-state index in [1.807, 2.05) is 19.1 Å². The van der Waals surface area contributed by atoms with E-state index < -0.39 is 0 Å². The topological polar surface area (TPSA) is 74.2 Å². The summed E-state index contributed by atoms with van der Waals surface area (Å²) >= 11 is 5.86.